The van der Waals surface area contributed by atoms with E-state index in [9.17, 15) is 4.79 Å². The van der Waals surface area contributed by atoms with E-state index in [0.29, 0.717) is 28.7 Å². The fourth-order valence-corrected chi connectivity index (χ4v) is 4.55. The number of nitrogens with zero attached hydrogens (tertiary/aromatic N) is 4. The standard InChI is InChI=1S/C24H26N4O3S.ClH/c1-4-17-6-7-21-22(12-17)32-24(26-21)28(10-5-9-27-11-8-25-16-27)23(29)18-13-19(30-2)15-20(14-18)31-3;/h6-8,11-16H,4-5,9-10H2,1-3H3;1H. The molecular formula is C24H27ClN4O3S. The molecule has 2 heterocycles. The van der Waals surface area contributed by atoms with Gasteiger partial charge in [0, 0.05) is 37.1 Å². The van der Waals surface area contributed by atoms with Gasteiger partial charge in [-0.2, -0.15) is 0 Å². The average Bonchev–Trinajstić information content (AvgIpc) is 3.50. The summed E-state index contributed by atoms with van der Waals surface area (Å²) in [6.45, 7) is 3.41. The predicted molar refractivity (Wildman–Crippen MR) is 134 cm³/mol. The van der Waals surface area contributed by atoms with Crippen molar-refractivity contribution in [3.05, 3.63) is 66.2 Å². The van der Waals surface area contributed by atoms with Gasteiger partial charge in [-0.3, -0.25) is 9.69 Å². The zero-order valence-corrected chi connectivity index (χ0v) is 20.5. The van der Waals surface area contributed by atoms with Crippen LogP contribution in [-0.2, 0) is 13.0 Å². The van der Waals surface area contributed by atoms with Crippen molar-refractivity contribution in [2.45, 2.75) is 26.3 Å². The number of amides is 1. The predicted octanol–water partition coefficient (Wildman–Crippen LogP) is 5.23. The summed E-state index contributed by atoms with van der Waals surface area (Å²) in [6.07, 6.45) is 7.18. The molecule has 0 spiro atoms. The lowest BCUT2D eigenvalue weighted by Crippen LogP contribution is -2.32. The molecule has 2 aromatic heterocycles. The van der Waals surface area contributed by atoms with E-state index in [4.69, 9.17) is 14.5 Å². The molecule has 7 nitrogen and oxygen atoms in total. The summed E-state index contributed by atoms with van der Waals surface area (Å²) in [6, 6.07) is 11.5. The summed E-state index contributed by atoms with van der Waals surface area (Å²) in [7, 11) is 3.15. The number of imidazole rings is 1. The molecule has 0 saturated carbocycles. The van der Waals surface area contributed by atoms with E-state index in [1.807, 2.05) is 16.8 Å². The zero-order chi connectivity index (χ0) is 22.5. The highest BCUT2D eigenvalue weighted by Gasteiger charge is 2.22. The Morgan fingerprint density at radius 3 is 2.52 bits per heavy atom. The van der Waals surface area contributed by atoms with Gasteiger partial charge in [0.05, 0.1) is 30.8 Å². The van der Waals surface area contributed by atoms with Crippen molar-refractivity contribution >= 4 is 45.0 Å². The number of carbonyl (C=O) groups excluding carboxylic acids is 1. The SMILES string of the molecule is CCc1ccc2nc(N(CCCn3ccnc3)C(=O)c3cc(OC)cc(OC)c3)sc2c1.Cl. The van der Waals surface area contributed by atoms with E-state index < -0.39 is 0 Å². The molecular weight excluding hydrogens is 460 g/mol. The fraction of sp³-hybridized carbons (Fsp3) is 0.292. The maximum absolute atomic E-state index is 13.6. The van der Waals surface area contributed by atoms with Crippen LogP contribution in [0.25, 0.3) is 10.2 Å². The molecule has 0 radical (unpaired) electrons. The first-order chi connectivity index (χ1) is 15.6. The summed E-state index contributed by atoms with van der Waals surface area (Å²) in [5, 5.41) is 0.686. The first kappa shape index (κ1) is 24.5. The highest BCUT2D eigenvalue weighted by Crippen LogP contribution is 2.32. The third-order valence-corrected chi connectivity index (χ3v) is 6.32. The van der Waals surface area contributed by atoms with Gasteiger partial charge in [0.15, 0.2) is 5.13 Å². The van der Waals surface area contributed by atoms with Crippen LogP contribution in [0.15, 0.2) is 55.1 Å². The van der Waals surface area contributed by atoms with Gasteiger partial charge in [0.1, 0.15) is 11.5 Å². The summed E-state index contributed by atoms with van der Waals surface area (Å²) in [5.74, 6) is 1.01. The summed E-state index contributed by atoms with van der Waals surface area (Å²) >= 11 is 1.54. The Morgan fingerprint density at radius 1 is 1.12 bits per heavy atom. The van der Waals surface area contributed by atoms with E-state index in [1.165, 1.54) is 16.9 Å². The molecule has 1 amide bonds. The maximum Gasteiger partial charge on any atom is 0.260 e. The van der Waals surface area contributed by atoms with Crippen LogP contribution in [0.5, 0.6) is 11.5 Å². The van der Waals surface area contributed by atoms with E-state index in [-0.39, 0.29) is 18.3 Å². The van der Waals surface area contributed by atoms with E-state index in [2.05, 4.69) is 24.0 Å². The normalized spacial score (nSPS) is 10.6. The van der Waals surface area contributed by atoms with Crippen LogP contribution < -0.4 is 14.4 Å². The largest absolute Gasteiger partial charge is 0.497 e. The average molecular weight is 487 g/mol. The van der Waals surface area contributed by atoms with Gasteiger partial charge in [-0.05, 0) is 42.7 Å². The number of halogens is 1. The van der Waals surface area contributed by atoms with Crippen molar-refractivity contribution < 1.29 is 14.3 Å². The smallest absolute Gasteiger partial charge is 0.260 e. The lowest BCUT2D eigenvalue weighted by molar-refractivity contribution is 0.0985. The Hall–Kier alpha value is -3.10. The molecule has 0 bridgehead atoms. The van der Waals surface area contributed by atoms with Crippen molar-refractivity contribution in [3.63, 3.8) is 0 Å². The monoisotopic (exact) mass is 486 g/mol. The third kappa shape index (κ3) is 5.64. The van der Waals surface area contributed by atoms with E-state index in [0.717, 1.165) is 29.6 Å². The zero-order valence-electron chi connectivity index (χ0n) is 18.9. The Labute approximate surface area is 203 Å². The second kappa shape index (κ2) is 11.2. The number of ether oxygens (including phenoxy) is 2. The fourth-order valence-electron chi connectivity index (χ4n) is 3.49. The minimum atomic E-state index is -0.136. The number of aromatic nitrogens is 3. The minimum Gasteiger partial charge on any atom is -0.497 e. The number of hydrogen-bond donors (Lipinski definition) is 0. The quantitative estimate of drug-likeness (QED) is 0.324. The van der Waals surface area contributed by atoms with E-state index in [1.54, 1.807) is 49.8 Å². The molecule has 0 N–H and O–H groups in total. The molecule has 0 fully saturated rings. The van der Waals surface area contributed by atoms with Gasteiger partial charge in [-0.25, -0.2) is 9.97 Å². The number of thiazole rings is 1. The van der Waals surface area contributed by atoms with E-state index >= 15 is 0 Å². The van der Waals surface area contributed by atoms with Gasteiger partial charge in [0.2, 0.25) is 0 Å². The molecule has 0 aliphatic rings. The van der Waals surface area contributed by atoms with Gasteiger partial charge < -0.3 is 14.0 Å². The molecule has 0 aliphatic heterocycles. The highest BCUT2D eigenvalue weighted by molar-refractivity contribution is 7.22. The maximum atomic E-state index is 13.6. The topological polar surface area (TPSA) is 69.5 Å². The molecule has 4 rings (SSSR count). The molecule has 9 heteroatoms. The van der Waals surface area contributed by atoms with Crippen LogP contribution in [0, 0.1) is 0 Å². The third-order valence-electron chi connectivity index (χ3n) is 5.28. The number of carbonyl (C=O) groups is 1. The number of aryl methyl sites for hydroxylation is 2. The van der Waals surface area contributed by atoms with Crippen LogP contribution in [-0.4, -0.2) is 41.2 Å². The first-order valence-corrected chi connectivity index (χ1v) is 11.3. The van der Waals surface area contributed by atoms with Crippen molar-refractivity contribution in [3.8, 4) is 11.5 Å². The molecule has 0 saturated heterocycles. The molecule has 0 unspecified atom stereocenters. The number of fused-ring (bicyclic) bond motifs is 1. The number of anilines is 1. The lowest BCUT2D eigenvalue weighted by Gasteiger charge is -2.20. The summed E-state index contributed by atoms with van der Waals surface area (Å²) in [4.78, 5) is 24.3. The van der Waals surface area contributed by atoms with Crippen LogP contribution in [0.3, 0.4) is 0 Å². The minimum absolute atomic E-state index is 0. The molecule has 4 aromatic rings. The van der Waals surface area contributed by atoms with Gasteiger partial charge in [0.25, 0.3) is 5.91 Å². The van der Waals surface area contributed by atoms with Gasteiger partial charge >= 0.3 is 0 Å². The van der Waals surface area contributed by atoms with Crippen LogP contribution in [0.1, 0.15) is 29.3 Å². The number of rotatable bonds is 9. The Bertz CT molecular complexity index is 1190. The Kier molecular flexibility index (Phi) is 8.30. The highest BCUT2D eigenvalue weighted by atomic mass is 35.5. The molecule has 0 atom stereocenters. The Morgan fingerprint density at radius 2 is 1.88 bits per heavy atom. The van der Waals surface area contributed by atoms with Crippen molar-refractivity contribution in [1.82, 2.24) is 14.5 Å². The number of hydrogen-bond acceptors (Lipinski definition) is 6. The lowest BCUT2D eigenvalue weighted by atomic mass is 10.1. The van der Waals surface area contributed by atoms with Gasteiger partial charge in [-0.1, -0.05) is 24.3 Å². The summed E-state index contributed by atoms with van der Waals surface area (Å²) in [5.41, 5.74) is 2.65. The van der Waals surface area contributed by atoms with Gasteiger partial charge in [-0.15, -0.1) is 12.4 Å². The van der Waals surface area contributed by atoms with Crippen LogP contribution in [0.4, 0.5) is 5.13 Å². The first-order valence-electron chi connectivity index (χ1n) is 10.5. The number of methoxy groups -OCH3 is 2. The molecule has 0 aliphatic carbocycles. The van der Waals surface area contributed by atoms with Crippen molar-refractivity contribution in [1.29, 1.82) is 0 Å². The van der Waals surface area contributed by atoms with Crippen molar-refractivity contribution in [2.24, 2.45) is 0 Å². The Balaban J connectivity index is 0.00000306. The number of benzene rings is 2. The van der Waals surface area contributed by atoms with Crippen LogP contribution >= 0.6 is 23.7 Å². The second-order valence-electron chi connectivity index (χ2n) is 7.36. The molecule has 174 valence electrons. The summed E-state index contributed by atoms with van der Waals surface area (Å²) < 4.78 is 13.8. The van der Waals surface area contributed by atoms with Crippen LogP contribution in [0.2, 0.25) is 0 Å². The van der Waals surface area contributed by atoms with Crippen molar-refractivity contribution in [2.75, 3.05) is 25.7 Å². The second-order valence-corrected chi connectivity index (χ2v) is 8.37. The molecule has 33 heavy (non-hydrogen) atoms. The molecule has 2 aromatic carbocycles.